The van der Waals surface area contributed by atoms with E-state index in [0.717, 1.165) is 19.7 Å². The third-order valence-corrected chi connectivity index (χ3v) is 2.32. The van der Waals surface area contributed by atoms with Crippen molar-refractivity contribution in [3.8, 4) is 0 Å². The van der Waals surface area contributed by atoms with Gasteiger partial charge in [0, 0.05) is 19.6 Å². The van der Waals surface area contributed by atoms with Gasteiger partial charge in [0.1, 0.15) is 6.67 Å². The van der Waals surface area contributed by atoms with Gasteiger partial charge in [-0.1, -0.05) is 13.8 Å². The van der Waals surface area contributed by atoms with Crippen LogP contribution in [0, 0.1) is 5.92 Å². The van der Waals surface area contributed by atoms with E-state index >= 15 is 0 Å². The quantitative estimate of drug-likeness (QED) is 0.641. The van der Waals surface area contributed by atoms with Gasteiger partial charge in [-0.05, 0) is 5.92 Å². The fraction of sp³-hybridized carbons (Fsp3) is 1.00. The minimum Gasteiger partial charge on any atom is -0.375 e. The molecule has 2 nitrogen and oxygen atoms in total. The summed E-state index contributed by atoms with van der Waals surface area (Å²) in [5.41, 5.74) is 0. The zero-order valence-electron chi connectivity index (χ0n) is 7.92. The molecule has 1 saturated heterocycles. The zero-order chi connectivity index (χ0) is 8.97. The highest BCUT2D eigenvalue weighted by atomic mass is 19.1. The minimum atomic E-state index is -0.245. The summed E-state index contributed by atoms with van der Waals surface area (Å²) in [7, 11) is 0. The number of rotatable bonds is 3. The smallest absolute Gasteiger partial charge is 0.102 e. The van der Waals surface area contributed by atoms with Gasteiger partial charge in [-0.3, -0.25) is 4.90 Å². The Hall–Kier alpha value is -0.150. The van der Waals surface area contributed by atoms with Gasteiger partial charge in [-0.15, -0.1) is 0 Å². The van der Waals surface area contributed by atoms with Crippen LogP contribution in [-0.4, -0.2) is 43.9 Å². The maximum Gasteiger partial charge on any atom is 0.102 e. The van der Waals surface area contributed by atoms with E-state index in [0.29, 0.717) is 18.6 Å². The fourth-order valence-corrected chi connectivity index (χ4v) is 1.46. The minimum absolute atomic E-state index is 0.245. The number of alkyl halides is 1. The molecule has 0 amide bonds. The Balaban J connectivity index is 2.30. The van der Waals surface area contributed by atoms with E-state index in [1.54, 1.807) is 0 Å². The van der Waals surface area contributed by atoms with Crippen LogP contribution < -0.4 is 0 Å². The summed E-state index contributed by atoms with van der Waals surface area (Å²) in [5, 5.41) is 0. The van der Waals surface area contributed by atoms with E-state index in [4.69, 9.17) is 4.74 Å². The molecular formula is C9H18FNO. The Labute approximate surface area is 73.7 Å². The largest absolute Gasteiger partial charge is 0.375 e. The first-order valence-electron chi connectivity index (χ1n) is 4.64. The standard InChI is InChI=1S/C9H18FNO/c1-8(2)9-7-11(4-3-10)5-6-12-9/h8-9H,3-7H2,1-2H3. The Kier molecular flexibility index (Phi) is 3.95. The lowest BCUT2D eigenvalue weighted by Gasteiger charge is -2.34. The molecule has 3 heteroatoms. The van der Waals surface area contributed by atoms with Crippen LogP contribution >= 0.6 is 0 Å². The molecular weight excluding hydrogens is 157 g/mol. The molecule has 72 valence electrons. The molecule has 0 aromatic carbocycles. The first kappa shape index (κ1) is 9.93. The highest BCUT2D eigenvalue weighted by Gasteiger charge is 2.22. The van der Waals surface area contributed by atoms with Crippen molar-refractivity contribution in [1.29, 1.82) is 0 Å². The lowest BCUT2D eigenvalue weighted by Crippen LogP contribution is -2.45. The molecule has 1 fully saturated rings. The van der Waals surface area contributed by atoms with Gasteiger partial charge < -0.3 is 4.74 Å². The van der Waals surface area contributed by atoms with Gasteiger partial charge in [0.25, 0.3) is 0 Å². The number of morpholine rings is 1. The summed E-state index contributed by atoms with van der Waals surface area (Å²) in [5.74, 6) is 0.535. The summed E-state index contributed by atoms with van der Waals surface area (Å²) >= 11 is 0. The molecule has 1 heterocycles. The summed E-state index contributed by atoms with van der Waals surface area (Å²) in [6.45, 7) is 7.13. The average molecular weight is 175 g/mol. The van der Waals surface area contributed by atoms with Gasteiger partial charge in [-0.25, -0.2) is 4.39 Å². The first-order chi connectivity index (χ1) is 5.74. The highest BCUT2D eigenvalue weighted by molar-refractivity contribution is 4.73. The average Bonchev–Trinajstić information content (AvgIpc) is 2.05. The third kappa shape index (κ3) is 2.72. The topological polar surface area (TPSA) is 12.5 Å². The third-order valence-electron chi connectivity index (χ3n) is 2.32. The molecule has 0 aliphatic carbocycles. The number of ether oxygens (including phenoxy) is 1. The van der Waals surface area contributed by atoms with Crippen molar-refractivity contribution in [1.82, 2.24) is 4.90 Å². The predicted octanol–water partition coefficient (Wildman–Crippen LogP) is 1.31. The van der Waals surface area contributed by atoms with Crippen LogP contribution in [-0.2, 0) is 4.74 Å². The lowest BCUT2D eigenvalue weighted by atomic mass is 10.1. The number of hydrogen-bond donors (Lipinski definition) is 0. The van der Waals surface area contributed by atoms with E-state index in [9.17, 15) is 4.39 Å². The Morgan fingerprint density at radius 1 is 1.58 bits per heavy atom. The molecule has 1 aliphatic rings. The first-order valence-corrected chi connectivity index (χ1v) is 4.64. The second-order valence-electron chi connectivity index (χ2n) is 3.64. The van der Waals surface area contributed by atoms with E-state index in [1.165, 1.54) is 0 Å². The number of nitrogens with zero attached hydrogens (tertiary/aromatic N) is 1. The van der Waals surface area contributed by atoms with Crippen LogP contribution in [0.3, 0.4) is 0 Å². The van der Waals surface area contributed by atoms with E-state index in [-0.39, 0.29) is 6.67 Å². The van der Waals surface area contributed by atoms with Gasteiger partial charge in [0.15, 0.2) is 0 Å². The normalized spacial score (nSPS) is 26.5. The van der Waals surface area contributed by atoms with Gasteiger partial charge in [-0.2, -0.15) is 0 Å². The SMILES string of the molecule is CC(C)C1CN(CCF)CCO1. The second kappa shape index (κ2) is 4.77. The van der Waals surface area contributed by atoms with Gasteiger partial charge in [0.05, 0.1) is 12.7 Å². The van der Waals surface area contributed by atoms with Crippen molar-refractivity contribution in [2.45, 2.75) is 20.0 Å². The van der Waals surface area contributed by atoms with Crippen LogP contribution in [0.5, 0.6) is 0 Å². The van der Waals surface area contributed by atoms with Crippen LogP contribution in [0.1, 0.15) is 13.8 Å². The molecule has 1 atom stereocenters. The van der Waals surface area contributed by atoms with Gasteiger partial charge >= 0.3 is 0 Å². The predicted molar refractivity (Wildman–Crippen MR) is 47.0 cm³/mol. The Morgan fingerprint density at radius 2 is 2.33 bits per heavy atom. The van der Waals surface area contributed by atoms with Crippen LogP contribution in [0.15, 0.2) is 0 Å². The zero-order valence-corrected chi connectivity index (χ0v) is 7.92. The van der Waals surface area contributed by atoms with E-state index in [2.05, 4.69) is 18.7 Å². The molecule has 1 aliphatic heterocycles. The molecule has 1 rings (SSSR count). The summed E-state index contributed by atoms with van der Waals surface area (Å²) in [4.78, 5) is 2.13. The van der Waals surface area contributed by atoms with Crippen molar-refractivity contribution in [3.63, 3.8) is 0 Å². The van der Waals surface area contributed by atoms with E-state index < -0.39 is 0 Å². The van der Waals surface area contributed by atoms with E-state index in [1.807, 2.05) is 0 Å². The van der Waals surface area contributed by atoms with Gasteiger partial charge in [0.2, 0.25) is 0 Å². The number of halogens is 1. The second-order valence-corrected chi connectivity index (χ2v) is 3.64. The molecule has 12 heavy (non-hydrogen) atoms. The fourth-order valence-electron chi connectivity index (χ4n) is 1.46. The summed E-state index contributed by atoms with van der Waals surface area (Å²) in [6.07, 6.45) is 0.297. The monoisotopic (exact) mass is 175 g/mol. The van der Waals surface area contributed by atoms with Crippen LogP contribution in [0.25, 0.3) is 0 Å². The number of hydrogen-bond acceptors (Lipinski definition) is 2. The molecule has 1 unspecified atom stereocenters. The summed E-state index contributed by atoms with van der Waals surface area (Å²) in [6, 6.07) is 0. The van der Waals surface area contributed by atoms with Crippen molar-refractivity contribution >= 4 is 0 Å². The highest BCUT2D eigenvalue weighted by Crippen LogP contribution is 2.12. The van der Waals surface area contributed by atoms with Crippen LogP contribution in [0.4, 0.5) is 4.39 Å². The molecule has 0 radical (unpaired) electrons. The molecule has 0 saturated carbocycles. The van der Waals surface area contributed by atoms with Crippen molar-refractivity contribution in [3.05, 3.63) is 0 Å². The molecule has 0 aromatic heterocycles. The molecule has 0 N–H and O–H groups in total. The van der Waals surface area contributed by atoms with Crippen molar-refractivity contribution in [2.75, 3.05) is 32.9 Å². The molecule has 0 aromatic rings. The van der Waals surface area contributed by atoms with Crippen molar-refractivity contribution < 1.29 is 9.13 Å². The maximum absolute atomic E-state index is 12.0. The summed E-state index contributed by atoms with van der Waals surface area (Å²) < 4.78 is 17.6. The molecule has 0 spiro atoms. The van der Waals surface area contributed by atoms with Crippen molar-refractivity contribution in [2.24, 2.45) is 5.92 Å². The Bertz CT molecular complexity index is 128. The lowest BCUT2D eigenvalue weighted by molar-refractivity contribution is -0.0513. The molecule has 0 bridgehead atoms. The van der Waals surface area contributed by atoms with Crippen LogP contribution in [0.2, 0.25) is 0 Å². The Morgan fingerprint density at radius 3 is 2.92 bits per heavy atom. The maximum atomic E-state index is 12.0.